The van der Waals surface area contributed by atoms with Crippen molar-refractivity contribution in [2.45, 2.75) is 22.7 Å². The Morgan fingerprint density at radius 1 is 0.976 bits per heavy atom. The van der Waals surface area contributed by atoms with Gasteiger partial charge in [-0.2, -0.15) is 0 Å². The first-order valence-corrected chi connectivity index (χ1v) is 15.3. The summed E-state index contributed by atoms with van der Waals surface area (Å²) in [5.41, 5.74) is 1.80. The second-order valence-electron chi connectivity index (χ2n) is 9.48. The minimum Gasteiger partial charge on any atom is -0.497 e. The highest BCUT2D eigenvalue weighted by Crippen LogP contribution is 2.54. The number of nitrogens with zero attached hydrogens (tertiary/aromatic N) is 2. The lowest BCUT2D eigenvalue weighted by molar-refractivity contribution is -0.122. The molecule has 6 rings (SSSR count). The third kappa shape index (κ3) is 5.12. The van der Waals surface area contributed by atoms with Crippen LogP contribution in [0.5, 0.6) is 5.75 Å². The maximum Gasteiger partial charge on any atom is 0.308 e. The fraction of sp³-hybridized carbons (Fsp3) is 0.172. The van der Waals surface area contributed by atoms with E-state index in [2.05, 4.69) is 21.2 Å². The molecule has 8 nitrogen and oxygen atoms in total. The molecule has 3 amide bonds. The largest absolute Gasteiger partial charge is 0.497 e. The quantitative estimate of drug-likeness (QED) is 0.262. The van der Waals surface area contributed by atoms with Gasteiger partial charge >= 0.3 is 4.87 Å². The van der Waals surface area contributed by atoms with Crippen molar-refractivity contribution in [1.82, 2.24) is 4.57 Å². The van der Waals surface area contributed by atoms with Crippen molar-refractivity contribution in [2.75, 3.05) is 17.3 Å². The molecule has 12 heteroatoms. The van der Waals surface area contributed by atoms with Gasteiger partial charge in [-0.05, 0) is 66.2 Å². The maximum absolute atomic E-state index is 13.9. The summed E-state index contributed by atoms with van der Waals surface area (Å²) in [5.74, 6) is -1.71. The Kier molecular flexibility index (Phi) is 7.54. The molecule has 4 aromatic rings. The number of fused-ring (bicyclic) bond motifs is 2. The van der Waals surface area contributed by atoms with E-state index in [4.69, 9.17) is 16.3 Å². The Morgan fingerprint density at radius 2 is 1.66 bits per heavy atom. The molecule has 1 aromatic heterocycles. The Bertz CT molecular complexity index is 1720. The predicted molar refractivity (Wildman–Crippen MR) is 163 cm³/mol. The van der Waals surface area contributed by atoms with Crippen molar-refractivity contribution in [3.63, 3.8) is 0 Å². The van der Waals surface area contributed by atoms with Gasteiger partial charge in [0.15, 0.2) is 0 Å². The van der Waals surface area contributed by atoms with Gasteiger partial charge in [0.25, 0.3) is 0 Å². The number of carbonyl (C=O) groups is 3. The molecular formula is C29H21BrClN3O5S2. The summed E-state index contributed by atoms with van der Waals surface area (Å²) in [4.78, 5) is 55.5. The summed E-state index contributed by atoms with van der Waals surface area (Å²) in [6.45, 7) is -0.239. The van der Waals surface area contributed by atoms with Crippen LogP contribution in [-0.2, 0) is 20.9 Å². The van der Waals surface area contributed by atoms with Gasteiger partial charge < -0.3 is 10.1 Å². The SMILES string of the molecule is COc1ccc(NC(=O)Cn2c3c(sc2=O)[C@@H](c2ccc(Br)cc2)[C@@H]2C(=O)N(c4ccc(Cl)cc4)C(=O)[C@@H]2S3)cc1. The van der Waals surface area contributed by atoms with Crippen molar-refractivity contribution in [1.29, 1.82) is 0 Å². The molecule has 41 heavy (non-hydrogen) atoms. The van der Waals surface area contributed by atoms with Crippen LogP contribution in [-0.4, -0.2) is 34.6 Å². The molecule has 3 atom stereocenters. The first kappa shape index (κ1) is 27.8. The Morgan fingerprint density at radius 3 is 2.32 bits per heavy atom. The van der Waals surface area contributed by atoms with E-state index in [0.717, 1.165) is 21.4 Å². The summed E-state index contributed by atoms with van der Waals surface area (Å²) in [7, 11) is 1.56. The molecule has 0 aliphatic carbocycles. The number of aromatic nitrogens is 1. The highest BCUT2D eigenvalue weighted by atomic mass is 79.9. The number of thioether (sulfide) groups is 1. The van der Waals surface area contributed by atoms with Crippen LogP contribution in [0.15, 0.2) is 87.1 Å². The first-order chi connectivity index (χ1) is 19.7. The van der Waals surface area contributed by atoms with Gasteiger partial charge in [-0.3, -0.25) is 23.7 Å². The summed E-state index contributed by atoms with van der Waals surface area (Å²) in [5, 5.41) is 3.05. The number of methoxy groups -OCH3 is 1. The molecule has 2 aliphatic heterocycles. The van der Waals surface area contributed by atoms with Crippen molar-refractivity contribution in [3.8, 4) is 5.75 Å². The highest BCUT2D eigenvalue weighted by Gasteiger charge is 2.56. The average molecular weight is 671 g/mol. The molecule has 0 radical (unpaired) electrons. The number of rotatable bonds is 6. The number of imide groups is 1. The molecule has 1 fully saturated rings. The molecule has 0 spiro atoms. The van der Waals surface area contributed by atoms with E-state index < -0.39 is 23.0 Å². The van der Waals surface area contributed by atoms with Crippen LogP contribution in [0.2, 0.25) is 5.02 Å². The number of carbonyl (C=O) groups excluding carboxylic acids is 3. The van der Waals surface area contributed by atoms with E-state index in [9.17, 15) is 19.2 Å². The third-order valence-corrected chi connectivity index (χ3v) is 10.4. The number of hydrogen-bond acceptors (Lipinski definition) is 7. The summed E-state index contributed by atoms with van der Waals surface area (Å²) in [6, 6.07) is 20.9. The van der Waals surface area contributed by atoms with Crippen molar-refractivity contribution in [3.05, 3.63) is 102 Å². The average Bonchev–Trinajstić information content (AvgIpc) is 3.40. The fourth-order valence-corrected chi connectivity index (χ4v) is 8.31. The molecule has 208 valence electrons. The van der Waals surface area contributed by atoms with Crippen LogP contribution < -0.4 is 19.8 Å². The number of thiazole rings is 1. The molecule has 1 saturated heterocycles. The number of benzene rings is 3. The number of amides is 3. The fourth-order valence-electron chi connectivity index (χ4n) is 5.15. The zero-order valence-corrected chi connectivity index (χ0v) is 25.4. The number of anilines is 2. The molecular weight excluding hydrogens is 650 g/mol. The van der Waals surface area contributed by atoms with E-state index in [-0.39, 0.29) is 23.2 Å². The van der Waals surface area contributed by atoms with E-state index in [0.29, 0.717) is 32.1 Å². The topological polar surface area (TPSA) is 97.7 Å². The van der Waals surface area contributed by atoms with Gasteiger partial charge in [-0.15, -0.1) is 0 Å². The van der Waals surface area contributed by atoms with Crippen LogP contribution >= 0.6 is 50.6 Å². The van der Waals surface area contributed by atoms with Gasteiger partial charge in [0.05, 0.1) is 23.7 Å². The lowest BCUT2D eigenvalue weighted by atomic mass is 9.83. The summed E-state index contributed by atoms with van der Waals surface area (Å²) in [6.07, 6.45) is 0. The number of halogens is 2. The predicted octanol–water partition coefficient (Wildman–Crippen LogP) is 5.77. The highest BCUT2D eigenvalue weighted by molar-refractivity contribution is 9.10. The normalized spacial score (nSPS) is 19.6. The molecule has 0 bridgehead atoms. The van der Waals surface area contributed by atoms with Gasteiger partial charge in [0.2, 0.25) is 17.7 Å². The second-order valence-corrected chi connectivity index (χ2v) is 13.0. The first-order valence-electron chi connectivity index (χ1n) is 12.5. The zero-order chi connectivity index (χ0) is 28.8. The van der Waals surface area contributed by atoms with E-state index in [1.807, 2.05) is 24.3 Å². The number of nitrogens with one attached hydrogen (secondary N) is 1. The lowest BCUT2D eigenvalue weighted by Crippen LogP contribution is -2.33. The van der Waals surface area contributed by atoms with Crippen molar-refractivity contribution >= 4 is 79.7 Å². The summed E-state index contributed by atoms with van der Waals surface area (Å²) < 4.78 is 7.42. The van der Waals surface area contributed by atoms with Crippen molar-refractivity contribution in [2.24, 2.45) is 5.92 Å². The van der Waals surface area contributed by atoms with Gasteiger partial charge in [0, 0.05) is 26.0 Å². The van der Waals surface area contributed by atoms with E-state index >= 15 is 0 Å². The molecule has 0 saturated carbocycles. The number of ether oxygens (including phenoxy) is 1. The van der Waals surface area contributed by atoms with Crippen LogP contribution in [0.3, 0.4) is 0 Å². The van der Waals surface area contributed by atoms with Gasteiger partial charge in [-0.1, -0.05) is 62.8 Å². The van der Waals surface area contributed by atoms with E-state index in [1.165, 1.54) is 21.2 Å². The smallest absolute Gasteiger partial charge is 0.308 e. The molecule has 0 unspecified atom stereocenters. The number of hydrogen-bond donors (Lipinski definition) is 1. The van der Waals surface area contributed by atoms with Crippen LogP contribution in [0.1, 0.15) is 16.4 Å². The second kappa shape index (κ2) is 11.1. The van der Waals surface area contributed by atoms with Crippen LogP contribution in [0.4, 0.5) is 11.4 Å². The van der Waals surface area contributed by atoms with Gasteiger partial charge in [0.1, 0.15) is 17.5 Å². The molecule has 3 aromatic carbocycles. The van der Waals surface area contributed by atoms with Gasteiger partial charge in [-0.25, -0.2) is 4.90 Å². The lowest BCUT2D eigenvalue weighted by Gasteiger charge is -2.30. The monoisotopic (exact) mass is 669 g/mol. The standard InChI is InChI=1S/C29H21BrClN3O5S2/c1-39-20-12-8-18(9-13-20)32-21(35)14-33-28-25(41-29(33)38)22(15-2-4-16(30)5-3-15)23-24(40-28)27(37)34(26(23)36)19-10-6-17(31)7-11-19/h2-13,22-24H,14H2,1H3,(H,32,35)/t22-,23-,24+/m0/s1. The third-order valence-electron chi connectivity index (χ3n) is 7.04. The Hall–Kier alpha value is -3.38. The van der Waals surface area contributed by atoms with Crippen LogP contribution in [0, 0.1) is 5.92 Å². The Balaban J connectivity index is 1.38. The molecule has 3 heterocycles. The Labute approximate surface area is 256 Å². The zero-order valence-electron chi connectivity index (χ0n) is 21.4. The minimum absolute atomic E-state index is 0.239. The molecule has 2 aliphatic rings. The molecule has 1 N–H and O–H groups in total. The minimum atomic E-state index is -0.774. The van der Waals surface area contributed by atoms with Crippen LogP contribution in [0.25, 0.3) is 0 Å². The maximum atomic E-state index is 13.9. The summed E-state index contributed by atoms with van der Waals surface area (Å²) >= 11 is 11.7. The van der Waals surface area contributed by atoms with Crippen molar-refractivity contribution < 1.29 is 19.1 Å². The van der Waals surface area contributed by atoms with E-state index in [1.54, 1.807) is 55.6 Å².